The van der Waals surface area contributed by atoms with Crippen LogP contribution in [0.3, 0.4) is 0 Å². The van der Waals surface area contributed by atoms with Crippen LogP contribution in [-0.4, -0.2) is 41.0 Å². The van der Waals surface area contributed by atoms with Crippen molar-refractivity contribution in [2.45, 2.75) is 17.0 Å². The molecule has 3 rings (SSSR count). The minimum atomic E-state index is -3.27. The summed E-state index contributed by atoms with van der Waals surface area (Å²) in [5.74, 6) is 0.822. The Bertz CT molecular complexity index is 1030. The molecule has 0 amide bonds. The van der Waals surface area contributed by atoms with E-state index in [4.69, 9.17) is 0 Å². The molecule has 6 nitrogen and oxygen atoms in total. The second-order valence-electron chi connectivity index (χ2n) is 5.71. The summed E-state index contributed by atoms with van der Waals surface area (Å²) in [5, 5.41) is 8.88. The maximum atomic E-state index is 12.4. The number of para-hydroxylation sites is 1. The first-order valence-corrected chi connectivity index (χ1v) is 10.7. The number of ketones is 1. The molecular weight excluding hydrogens is 370 g/mol. The van der Waals surface area contributed by atoms with E-state index in [2.05, 4.69) is 10.2 Å². The summed E-state index contributed by atoms with van der Waals surface area (Å²) in [6.07, 6.45) is 1.14. The van der Waals surface area contributed by atoms with Gasteiger partial charge in [0.25, 0.3) is 0 Å². The monoisotopic (exact) mass is 387 g/mol. The van der Waals surface area contributed by atoms with Gasteiger partial charge in [0.2, 0.25) is 0 Å². The van der Waals surface area contributed by atoms with Gasteiger partial charge in [-0.1, -0.05) is 42.1 Å². The van der Waals surface area contributed by atoms with E-state index in [0.717, 1.165) is 17.8 Å². The number of rotatable bonds is 6. The predicted molar refractivity (Wildman–Crippen MR) is 101 cm³/mol. The van der Waals surface area contributed by atoms with Crippen LogP contribution in [0.25, 0.3) is 5.69 Å². The number of sulfone groups is 1. The number of thioether (sulfide) groups is 1. The molecule has 0 aliphatic rings. The van der Waals surface area contributed by atoms with Gasteiger partial charge in [0.15, 0.2) is 20.8 Å². The Morgan fingerprint density at radius 3 is 2.31 bits per heavy atom. The molecule has 0 fully saturated rings. The summed E-state index contributed by atoms with van der Waals surface area (Å²) in [5.41, 5.74) is 1.40. The highest BCUT2D eigenvalue weighted by molar-refractivity contribution is 7.99. The molecule has 0 saturated heterocycles. The lowest BCUT2D eigenvalue weighted by molar-refractivity contribution is 0.102. The second kappa shape index (κ2) is 7.43. The van der Waals surface area contributed by atoms with Crippen LogP contribution >= 0.6 is 11.8 Å². The van der Waals surface area contributed by atoms with Crippen molar-refractivity contribution >= 4 is 27.4 Å². The topological polar surface area (TPSA) is 81.9 Å². The second-order valence-corrected chi connectivity index (χ2v) is 8.67. The average Bonchev–Trinajstić information content (AvgIpc) is 3.00. The van der Waals surface area contributed by atoms with Crippen LogP contribution in [0.15, 0.2) is 64.6 Å². The van der Waals surface area contributed by atoms with E-state index in [-0.39, 0.29) is 16.4 Å². The molecule has 0 spiro atoms. The zero-order valence-electron chi connectivity index (χ0n) is 14.3. The summed E-state index contributed by atoms with van der Waals surface area (Å²) in [4.78, 5) is 12.6. The first kappa shape index (κ1) is 18.3. The largest absolute Gasteiger partial charge is 0.293 e. The highest BCUT2D eigenvalue weighted by atomic mass is 32.2. The highest BCUT2D eigenvalue weighted by Crippen LogP contribution is 2.23. The van der Waals surface area contributed by atoms with Gasteiger partial charge >= 0.3 is 0 Å². The van der Waals surface area contributed by atoms with Crippen molar-refractivity contribution in [2.75, 3.05) is 12.0 Å². The lowest BCUT2D eigenvalue weighted by atomic mass is 10.1. The molecule has 26 heavy (non-hydrogen) atoms. The van der Waals surface area contributed by atoms with Crippen LogP contribution in [0, 0.1) is 6.92 Å². The number of aromatic nitrogens is 3. The quantitative estimate of drug-likeness (QED) is 0.478. The number of carbonyl (C=O) groups is 1. The fourth-order valence-electron chi connectivity index (χ4n) is 2.41. The fourth-order valence-corrected chi connectivity index (χ4v) is 3.93. The van der Waals surface area contributed by atoms with Gasteiger partial charge in [-0.05, 0) is 31.2 Å². The number of hydrogen-bond acceptors (Lipinski definition) is 6. The Labute approximate surface area is 156 Å². The molecular formula is C18H17N3O3S2. The lowest BCUT2D eigenvalue weighted by Gasteiger charge is -2.08. The van der Waals surface area contributed by atoms with E-state index in [0.29, 0.717) is 10.7 Å². The Hall–Kier alpha value is -2.45. The number of aryl methyl sites for hydroxylation is 1. The third-order valence-corrected chi connectivity index (χ3v) is 5.80. The van der Waals surface area contributed by atoms with Crippen molar-refractivity contribution in [3.63, 3.8) is 0 Å². The van der Waals surface area contributed by atoms with Crippen molar-refractivity contribution in [1.29, 1.82) is 0 Å². The van der Waals surface area contributed by atoms with Gasteiger partial charge in [0.1, 0.15) is 5.82 Å². The van der Waals surface area contributed by atoms with Gasteiger partial charge in [0.05, 0.1) is 10.6 Å². The number of carbonyl (C=O) groups excluding carboxylic acids is 1. The summed E-state index contributed by atoms with van der Waals surface area (Å²) in [6.45, 7) is 1.86. The third kappa shape index (κ3) is 4.03. The number of nitrogens with zero attached hydrogens (tertiary/aromatic N) is 3. The summed E-state index contributed by atoms with van der Waals surface area (Å²) in [7, 11) is -3.27. The number of Topliss-reactive ketones (excluding diaryl/α,β-unsaturated/α-hetero) is 1. The average molecular weight is 387 g/mol. The number of hydrogen-bond donors (Lipinski definition) is 0. The van der Waals surface area contributed by atoms with E-state index in [1.807, 2.05) is 41.8 Å². The van der Waals surface area contributed by atoms with Crippen LogP contribution in [0.4, 0.5) is 0 Å². The molecule has 0 bridgehead atoms. The van der Waals surface area contributed by atoms with Crippen LogP contribution < -0.4 is 0 Å². The molecule has 0 radical (unpaired) electrons. The summed E-state index contributed by atoms with van der Waals surface area (Å²) >= 11 is 1.30. The molecule has 1 aromatic heterocycles. The highest BCUT2D eigenvalue weighted by Gasteiger charge is 2.15. The molecule has 0 atom stereocenters. The van der Waals surface area contributed by atoms with Crippen molar-refractivity contribution in [3.05, 3.63) is 66.0 Å². The molecule has 2 aromatic carbocycles. The standard InChI is InChI=1S/C18H17N3O3S2/c1-13-19-20-18(21(13)15-6-4-3-5-7-15)25-12-17(22)14-8-10-16(11-9-14)26(2,23)24/h3-11H,12H2,1-2H3. The van der Waals surface area contributed by atoms with Gasteiger partial charge in [-0.15, -0.1) is 10.2 Å². The Balaban J connectivity index is 1.75. The molecule has 3 aromatic rings. The van der Waals surface area contributed by atoms with Crippen LogP contribution in [0.2, 0.25) is 0 Å². The Kier molecular flexibility index (Phi) is 5.24. The molecule has 0 aliphatic heterocycles. The fraction of sp³-hybridized carbons (Fsp3) is 0.167. The maximum Gasteiger partial charge on any atom is 0.196 e. The van der Waals surface area contributed by atoms with Gasteiger partial charge in [-0.25, -0.2) is 8.42 Å². The first-order valence-electron chi connectivity index (χ1n) is 7.80. The van der Waals surface area contributed by atoms with Crippen molar-refractivity contribution in [3.8, 4) is 5.69 Å². The molecule has 8 heteroatoms. The van der Waals surface area contributed by atoms with E-state index < -0.39 is 9.84 Å². The maximum absolute atomic E-state index is 12.4. The molecule has 1 heterocycles. The Morgan fingerprint density at radius 2 is 1.69 bits per heavy atom. The number of benzene rings is 2. The predicted octanol–water partition coefficient (Wildman–Crippen LogP) is 2.95. The van der Waals surface area contributed by atoms with Gasteiger partial charge in [-0.2, -0.15) is 0 Å². The van der Waals surface area contributed by atoms with Crippen molar-refractivity contribution in [1.82, 2.24) is 14.8 Å². The van der Waals surface area contributed by atoms with Crippen molar-refractivity contribution < 1.29 is 13.2 Å². The van der Waals surface area contributed by atoms with Crippen LogP contribution in [0.5, 0.6) is 0 Å². The van der Waals surface area contributed by atoms with Crippen LogP contribution in [-0.2, 0) is 9.84 Å². The van der Waals surface area contributed by atoms with E-state index in [1.54, 1.807) is 0 Å². The Morgan fingerprint density at radius 1 is 1.04 bits per heavy atom. The van der Waals surface area contributed by atoms with Gasteiger partial charge in [0, 0.05) is 17.5 Å². The molecule has 0 unspecified atom stereocenters. The van der Waals surface area contributed by atoms with Crippen molar-refractivity contribution in [2.24, 2.45) is 0 Å². The van der Waals surface area contributed by atoms with Gasteiger partial charge in [-0.3, -0.25) is 9.36 Å². The molecule has 0 aliphatic carbocycles. The van der Waals surface area contributed by atoms with E-state index >= 15 is 0 Å². The third-order valence-electron chi connectivity index (χ3n) is 3.75. The van der Waals surface area contributed by atoms with Gasteiger partial charge < -0.3 is 0 Å². The smallest absolute Gasteiger partial charge is 0.196 e. The van der Waals surface area contributed by atoms with E-state index in [1.165, 1.54) is 36.0 Å². The zero-order chi connectivity index (χ0) is 18.7. The minimum Gasteiger partial charge on any atom is -0.293 e. The molecule has 134 valence electrons. The van der Waals surface area contributed by atoms with Crippen LogP contribution in [0.1, 0.15) is 16.2 Å². The summed E-state index contributed by atoms with van der Waals surface area (Å²) < 4.78 is 24.9. The minimum absolute atomic E-state index is 0.102. The molecule has 0 saturated carbocycles. The normalized spacial score (nSPS) is 11.5. The summed E-state index contributed by atoms with van der Waals surface area (Å²) in [6, 6.07) is 15.7. The SMILES string of the molecule is Cc1nnc(SCC(=O)c2ccc(S(C)(=O)=O)cc2)n1-c1ccccc1. The first-order chi connectivity index (χ1) is 12.4. The lowest BCUT2D eigenvalue weighted by Crippen LogP contribution is -2.05. The zero-order valence-corrected chi connectivity index (χ0v) is 15.9. The molecule has 0 N–H and O–H groups in total. The van der Waals surface area contributed by atoms with E-state index in [9.17, 15) is 13.2 Å².